The molecule has 0 radical (unpaired) electrons. The van der Waals surface area contributed by atoms with Crippen LogP contribution in [0.25, 0.3) is 0 Å². The Bertz CT molecular complexity index is 266. The number of hydrogen-bond donors (Lipinski definition) is 3. The average Bonchev–Trinajstić information content (AvgIpc) is 2.35. The fraction of sp³-hybridized carbons (Fsp3) is 0.833. The number of hydrogen-bond acceptors (Lipinski definition) is 3. The van der Waals surface area contributed by atoms with Crippen LogP contribution in [-0.4, -0.2) is 37.5 Å². The van der Waals surface area contributed by atoms with Crippen LogP contribution in [0.5, 0.6) is 0 Å². The summed E-state index contributed by atoms with van der Waals surface area (Å²) in [4.78, 5) is 22.9. The molecule has 0 spiro atoms. The van der Waals surface area contributed by atoms with Crippen molar-refractivity contribution >= 4 is 24.2 Å². The molecular formula is C12H24ClN3O2. The highest BCUT2D eigenvalue weighted by atomic mass is 35.5. The van der Waals surface area contributed by atoms with Gasteiger partial charge in [-0.05, 0) is 19.4 Å². The molecule has 1 rings (SSSR count). The summed E-state index contributed by atoms with van der Waals surface area (Å²) in [6.07, 6.45) is 3.16. The van der Waals surface area contributed by atoms with Crippen molar-refractivity contribution in [2.75, 3.05) is 19.6 Å². The molecule has 1 aliphatic rings. The molecule has 106 valence electrons. The number of rotatable bonds is 5. The van der Waals surface area contributed by atoms with Gasteiger partial charge in [0.05, 0.1) is 6.04 Å². The lowest BCUT2D eigenvalue weighted by molar-refractivity contribution is -0.125. The first-order valence-corrected chi connectivity index (χ1v) is 6.40. The van der Waals surface area contributed by atoms with Gasteiger partial charge < -0.3 is 16.0 Å². The molecule has 1 fully saturated rings. The van der Waals surface area contributed by atoms with Gasteiger partial charge >= 0.3 is 0 Å². The summed E-state index contributed by atoms with van der Waals surface area (Å²) in [5.74, 6) is 0.0595. The third-order valence-electron chi connectivity index (χ3n) is 2.87. The zero-order valence-electron chi connectivity index (χ0n) is 11.1. The largest absolute Gasteiger partial charge is 0.354 e. The van der Waals surface area contributed by atoms with Gasteiger partial charge in [0.25, 0.3) is 0 Å². The quantitative estimate of drug-likeness (QED) is 0.639. The lowest BCUT2D eigenvalue weighted by Gasteiger charge is -2.22. The number of nitrogens with one attached hydrogen (secondary N) is 3. The van der Waals surface area contributed by atoms with E-state index in [1.165, 1.54) is 0 Å². The second-order valence-corrected chi connectivity index (χ2v) is 4.74. The van der Waals surface area contributed by atoms with Crippen LogP contribution in [0.2, 0.25) is 0 Å². The molecule has 0 unspecified atom stereocenters. The van der Waals surface area contributed by atoms with Crippen molar-refractivity contribution in [1.82, 2.24) is 16.0 Å². The Morgan fingerprint density at radius 3 is 2.44 bits per heavy atom. The van der Waals surface area contributed by atoms with Gasteiger partial charge in [0.15, 0.2) is 0 Å². The van der Waals surface area contributed by atoms with E-state index in [-0.39, 0.29) is 36.2 Å². The average molecular weight is 278 g/mol. The number of carbonyl (C=O) groups is 2. The summed E-state index contributed by atoms with van der Waals surface area (Å²) >= 11 is 0. The van der Waals surface area contributed by atoms with Crippen LogP contribution in [0.15, 0.2) is 0 Å². The SMILES string of the molecule is CC(C)C(=O)NCCNC(=O)[C@H]1CCCCN1.Cl. The minimum absolute atomic E-state index is 0. The van der Waals surface area contributed by atoms with Gasteiger partial charge in [-0.2, -0.15) is 0 Å². The maximum atomic E-state index is 11.7. The minimum atomic E-state index is -0.0513. The van der Waals surface area contributed by atoms with E-state index in [1.807, 2.05) is 13.8 Å². The highest BCUT2D eigenvalue weighted by molar-refractivity contribution is 5.85. The Morgan fingerprint density at radius 2 is 1.89 bits per heavy atom. The van der Waals surface area contributed by atoms with Gasteiger partial charge in [-0.25, -0.2) is 0 Å². The lowest BCUT2D eigenvalue weighted by Crippen LogP contribution is -2.48. The van der Waals surface area contributed by atoms with E-state index in [2.05, 4.69) is 16.0 Å². The van der Waals surface area contributed by atoms with E-state index in [0.29, 0.717) is 13.1 Å². The highest BCUT2D eigenvalue weighted by Gasteiger charge is 2.19. The van der Waals surface area contributed by atoms with Gasteiger partial charge in [-0.1, -0.05) is 20.3 Å². The molecule has 6 heteroatoms. The summed E-state index contributed by atoms with van der Waals surface area (Å²) in [5.41, 5.74) is 0. The molecule has 0 bridgehead atoms. The molecule has 2 amide bonds. The molecule has 0 aromatic carbocycles. The van der Waals surface area contributed by atoms with Crippen LogP contribution < -0.4 is 16.0 Å². The van der Waals surface area contributed by atoms with E-state index in [0.717, 1.165) is 25.8 Å². The Balaban J connectivity index is 0.00000289. The number of amides is 2. The van der Waals surface area contributed by atoms with Crippen molar-refractivity contribution in [3.63, 3.8) is 0 Å². The van der Waals surface area contributed by atoms with E-state index >= 15 is 0 Å². The number of halogens is 1. The molecule has 3 N–H and O–H groups in total. The number of carbonyl (C=O) groups excluding carboxylic acids is 2. The predicted molar refractivity (Wildman–Crippen MR) is 73.7 cm³/mol. The minimum Gasteiger partial charge on any atom is -0.354 e. The van der Waals surface area contributed by atoms with Gasteiger partial charge in [0, 0.05) is 19.0 Å². The van der Waals surface area contributed by atoms with E-state index in [4.69, 9.17) is 0 Å². The molecule has 1 heterocycles. The van der Waals surface area contributed by atoms with Gasteiger partial charge in [-0.3, -0.25) is 9.59 Å². The van der Waals surface area contributed by atoms with Crippen LogP contribution in [0.1, 0.15) is 33.1 Å². The molecule has 1 aliphatic heterocycles. The summed E-state index contributed by atoms with van der Waals surface area (Å²) in [6, 6.07) is -0.0513. The fourth-order valence-electron chi connectivity index (χ4n) is 1.77. The standard InChI is InChI=1S/C12H23N3O2.ClH/c1-9(2)11(16)14-7-8-15-12(17)10-5-3-4-6-13-10;/h9-10,13H,3-8H2,1-2H3,(H,14,16)(H,15,17);1H/t10-;/m1./s1. The molecule has 0 aliphatic carbocycles. The van der Waals surface area contributed by atoms with Crippen molar-refractivity contribution in [3.8, 4) is 0 Å². The van der Waals surface area contributed by atoms with Crippen LogP contribution in [-0.2, 0) is 9.59 Å². The third-order valence-corrected chi connectivity index (χ3v) is 2.87. The molecular weight excluding hydrogens is 254 g/mol. The Hall–Kier alpha value is -0.810. The topological polar surface area (TPSA) is 70.2 Å². The summed E-state index contributed by atoms with van der Waals surface area (Å²) in [7, 11) is 0. The highest BCUT2D eigenvalue weighted by Crippen LogP contribution is 2.06. The molecule has 5 nitrogen and oxygen atoms in total. The Kier molecular flexibility index (Phi) is 8.75. The van der Waals surface area contributed by atoms with Gasteiger partial charge in [-0.15, -0.1) is 12.4 Å². The molecule has 18 heavy (non-hydrogen) atoms. The van der Waals surface area contributed by atoms with Gasteiger partial charge in [0.1, 0.15) is 0 Å². The van der Waals surface area contributed by atoms with Crippen molar-refractivity contribution in [3.05, 3.63) is 0 Å². The Morgan fingerprint density at radius 1 is 1.22 bits per heavy atom. The smallest absolute Gasteiger partial charge is 0.237 e. The summed E-state index contributed by atoms with van der Waals surface area (Å²) < 4.78 is 0. The van der Waals surface area contributed by atoms with E-state index < -0.39 is 0 Å². The monoisotopic (exact) mass is 277 g/mol. The third kappa shape index (κ3) is 6.21. The molecule has 0 aromatic heterocycles. The van der Waals surface area contributed by atoms with E-state index in [9.17, 15) is 9.59 Å². The second kappa shape index (κ2) is 9.16. The molecule has 1 saturated heterocycles. The summed E-state index contributed by atoms with van der Waals surface area (Å²) in [5, 5.41) is 8.78. The van der Waals surface area contributed by atoms with Crippen LogP contribution in [0.3, 0.4) is 0 Å². The normalized spacial score (nSPS) is 18.9. The Labute approximate surface area is 115 Å². The van der Waals surface area contributed by atoms with Crippen molar-refractivity contribution < 1.29 is 9.59 Å². The lowest BCUT2D eigenvalue weighted by atomic mass is 10.0. The molecule has 0 aromatic rings. The van der Waals surface area contributed by atoms with Crippen molar-refractivity contribution in [1.29, 1.82) is 0 Å². The fourth-order valence-corrected chi connectivity index (χ4v) is 1.77. The zero-order valence-corrected chi connectivity index (χ0v) is 11.9. The van der Waals surface area contributed by atoms with Crippen molar-refractivity contribution in [2.24, 2.45) is 5.92 Å². The van der Waals surface area contributed by atoms with Crippen molar-refractivity contribution in [2.45, 2.75) is 39.2 Å². The maximum Gasteiger partial charge on any atom is 0.237 e. The van der Waals surface area contributed by atoms with E-state index in [1.54, 1.807) is 0 Å². The summed E-state index contributed by atoms with van der Waals surface area (Å²) in [6.45, 7) is 5.60. The van der Waals surface area contributed by atoms with Gasteiger partial charge in [0.2, 0.25) is 11.8 Å². The number of piperidine rings is 1. The zero-order chi connectivity index (χ0) is 12.7. The molecule has 1 atom stereocenters. The van der Waals surface area contributed by atoms with Crippen LogP contribution in [0, 0.1) is 5.92 Å². The van der Waals surface area contributed by atoms with Crippen LogP contribution in [0.4, 0.5) is 0 Å². The first-order chi connectivity index (χ1) is 8.11. The predicted octanol–water partition coefficient (Wildman–Crippen LogP) is 0.439. The first kappa shape index (κ1) is 17.2. The second-order valence-electron chi connectivity index (χ2n) is 4.74. The van der Waals surface area contributed by atoms with Crippen LogP contribution >= 0.6 is 12.4 Å². The molecule has 0 saturated carbocycles. The maximum absolute atomic E-state index is 11.7. The first-order valence-electron chi connectivity index (χ1n) is 6.40.